The van der Waals surface area contributed by atoms with Gasteiger partial charge in [-0.2, -0.15) is 30.7 Å². The zero-order valence-corrected chi connectivity index (χ0v) is 7.92. The molecule has 10 heteroatoms. The van der Waals surface area contributed by atoms with Crippen molar-refractivity contribution in [3.05, 3.63) is 11.7 Å². The van der Waals surface area contributed by atoms with Crippen LogP contribution in [0.25, 0.3) is 0 Å². The lowest BCUT2D eigenvalue weighted by atomic mass is 10.3. The third kappa shape index (κ3) is 4.19. The summed E-state index contributed by atoms with van der Waals surface area (Å²) in [6.07, 6.45) is -17.5. The lowest BCUT2D eigenvalue weighted by molar-refractivity contribution is -0.257. The zero-order valence-electron chi connectivity index (χ0n) is 7.92. The van der Waals surface area contributed by atoms with E-state index in [0.29, 0.717) is 0 Å². The van der Waals surface area contributed by atoms with Crippen LogP contribution in [0.1, 0.15) is 6.92 Å². The molecule has 17 heavy (non-hydrogen) atoms. The van der Waals surface area contributed by atoms with Gasteiger partial charge in [-0.15, -0.1) is 0 Å². The van der Waals surface area contributed by atoms with Crippen LogP contribution in [0.5, 0.6) is 0 Å². The Morgan fingerprint density at radius 3 is 1.76 bits per heavy atom. The van der Waals surface area contributed by atoms with Crippen LogP contribution in [-0.2, 0) is 9.53 Å². The van der Waals surface area contributed by atoms with E-state index in [-0.39, 0.29) is 6.92 Å². The van der Waals surface area contributed by atoms with Crippen molar-refractivity contribution >= 4 is 5.97 Å². The Bertz CT molecular complexity index is 325. The van der Waals surface area contributed by atoms with Crippen LogP contribution in [-0.4, -0.2) is 24.4 Å². The van der Waals surface area contributed by atoms with Gasteiger partial charge in [-0.05, 0) is 6.92 Å². The van der Waals surface area contributed by atoms with Gasteiger partial charge in [-0.25, -0.2) is 9.18 Å². The molecule has 0 saturated heterocycles. The van der Waals surface area contributed by atoms with Crippen molar-refractivity contribution < 1.29 is 44.7 Å². The minimum Gasteiger partial charge on any atom is -0.395 e. The number of esters is 1. The number of carbonyl (C=O) groups is 1. The Hall–Kier alpha value is -1.35. The van der Waals surface area contributed by atoms with E-state index in [0.717, 1.165) is 0 Å². The highest BCUT2D eigenvalue weighted by Crippen LogP contribution is 2.33. The number of halogens is 8. The molecule has 100 valence electrons. The van der Waals surface area contributed by atoms with Gasteiger partial charge in [0, 0.05) is 0 Å². The average Bonchev–Trinajstić information content (AvgIpc) is 1.97. The van der Waals surface area contributed by atoms with Crippen molar-refractivity contribution in [3.8, 4) is 0 Å². The van der Waals surface area contributed by atoms with Gasteiger partial charge < -0.3 is 4.74 Å². The molecule has 0 aliphatic heterocycles. The van der Waals surface area contributed by atoms with Crippen LogP contribution in [0.3, 0.4) is 0 Å². The smallest absolute Gasteiger partial charge is 0.395 e. The van der Waals surface area contributed by atoms with Crippen LogP contribution < -0.4 is 0 Å². The molecule has 0 N–H and O–H groups in total. The summed E-state index contributed by atoms with van der Waals surface area (Å²) in [5.41, 5.74) is -3.20. The van der Waals surface area contributed by atoms with Gasteiger partial charge in [0.2, 0.25) is 11.7 Å². The molecule has 0 aromatic heterocycles. The fraction of sp³-hybridized carbons (Fsp3) is 0.571. The van der Waals surface area contributed by atoms with Crippen molar-refractivity contribution in [1.82, 2.24) is 0 Å². The number of hydrogen-bond acceptors (Lipinski definition) is 2. The lowest BCUT2D eigenvalue weighted by Crippen LogP contribution is -2.36. The van der Waals surface area contributed by atoms with Gasteiger partial charge in [0.15, 0.2) is 0 Å². The average molecular weight is 272 g/mol. The zero-order chi connectivity index (χ0) is 14.0. The largest absolute Gasteiger partial charge is 0.431 e. The molecule has 0 heterocycles. The normalized spacial score (nSPS) is 14.2. The van der Waals surface area contributed by atoms with E-state index in [1.54, 1.807) is 0 Å². The van der Waals surface area contributed by atoms with Crippen LogP contribution in [0, 0.1) is 0 Å². The van der Waals surface area contributed by atoms with E-state index in [1.165, 1.54) is 0 Å². The SMILES string of the molecule is CC(F)C(F)(F)OC(=O)C(=C(F)F)C(F)(F)F. The molecule has 0 spiro atoms. The fourth-order valence-electron chi connectivity index (χ4n) is 0.556. The Kier molecular flexibility index (Phi) is 4.49. The summed E-state index contributed by atoms with van der Waals surface area (Å²) in [5, 5.41) is 0. The monoisotopic (exact) mass is 272 g/mol. The molecule has 0 aromatic carbocycles. The predicted molar refractivity (Wildman–Crippen MR) is 36.9 cm³/mol. The molecule has 0 radical (unpaired) electrons. The molecule has 0 aliphatic rings. The van der Waals surface area contributed by atoms with E-state index in [2.05, 4.69) is 4.74 Å². The maximum Gasteiger partial charge on any atom is 0.431 e. The molecule has 2 nitrogen and oxygen atoms in total. The van der Waals surface area contributed by atoms with Crippen LogP contribution in [0.15, 0.2) is 11.7 Å². The van der Waals surface area contributed by atoms with Crippen molar-refractivity contribution in [2.75, 3.05) is 0 Å². The summed E-state index contributed by atoms with van der Waals surface area (Å²) in [6.45, 7) is 0.177. The maximum absolute atomic E-state index is 12.4. The molecule has 0 fully saturated rings. The number of carbonyl (C=O) groups excluding carboxylic acids is 1. The quantitative estimate of drug-likeness (QED) is 0.448. The first kappa shape index (κ1) is 15.7. The second-order valence-electron chi connectivity index (χ2n) is 2.70. The molecule has 0 aliphatic carbocycles. The van der Waals surface area contributed by atoms with E-state index in [1.807, 2.05) is 0 Å². The minimum absolute atomic E-state index is 0.177. The highest BCUT2D eigenvalue weighted by atomic mass is 19.4. The van der Waals surface area contributed by atoms with Crippen molar-refractivity contribution in [3.63, 3.8) is 0 Å². The minimum atomic E-state index is -5.88. The second kappa shape index (κ2) is 4.88. The van der Waals surface area contributed by atoms with E-state index >= 15 is 0 Å². The number of rotatable bonds is 3. The standard InChI is InChI=1S/C7H4F8O2/c1-2(8)7(14,15)17-5(16)3(4(9)10)6(11,12)13/h2H,1H3. The van der Waals surface area contributed by atoms with E-state index in [4.69, 9.17) is 0 Å². The first-order chi connectivity index (χ1) is 7.39. The van der Waals surface area contributed by atoms with Gasteiger partial charge in [-0.3, -0.25) is 0 Å². The fourth-order valence-corrected chi connectivity index (χ4v) is 0.556. The number of ether oxygens (including phenoxy) is 1. The lowest BCUT2D eigenvalue weighted by Gasteiger charge is -2.18. The molecular formula is C7H4F8O2. The van der Waals surface area contributed by atoms with Gasteiger partial charge in [-0.1, -0.05) is 0 Å². The molecule has 1 unspecified atom stereocenters. The maximum atomic E-state index is 12.4. The number of hydrogen-bond donors (Lipinski definition) is 0. The summed E-state index contributed by atoms with van der Waals surface area (Å²) >= 11 is 0. The summed E-state index contributed by atoms with van der Waals surface area (Å²) in [5.74, 6) is -3.05. The molecule has 1 atom stereocenters. The molecular weight excluding hydrogens is 268 g/mol. The first-order valence-electron chi connectivity index (χ1n) is 3.77. The molecule has 0 amide bonds. The third-order valence-electron chi connectivity index (χ3n) is 1.37. The summed E-state index contributed by atoms with van der Waals surface area (Å²) in [7, 11) is 0. The molecule has 0 saturated carbocycles. The summed E-state index contributed by atoms with van der Waals surface area (Å²) in [6, 6.07) is 0. The van der Waals surface area contributed by atoms with E-state index in [9.17, 15) is 39.9 Å². The second-order valence-corrected chi connectivity index (χ2v) is 2.70. The van der Waals surface area contributed by atoms with Gasteiger partial charge in [0.1, 0.15) is 0 Å². The van der Waals surface area contributed by atoms with Crippen LogP contribution >= 0.6 is 0 Å². The Morgan fingerprint density at radius 1 is 1.12 bits per heavy atom. The van der Waals surface area contributed by atoms with Crippen molar-refractivity contribution in [1.29, 1.82) is 0 Å². The van der Waals surface area contributed by atoms with Crippen LogP contribution in [0.4, 0.5) is 35.1 Å². The molecule has 0 aromatic rings. The van der Waals surface area contributed by atoms with Crippen molar-refractivity contribution in [2.24, 2.45) is 0 Å². The number of alkyl halides is 6. The highest BCUT2D eigenvalue weighted by molar-refractivity contribution is 5.90. The van der Waals surface area contributed by atoms with Crippen LogP contribution in [0.2, 0.25) is 0 Å². The van der Waals surface area contributed by atoms with Gasteiger partial charge in [0.05, 0.1) is 0 Å². The summed E-state index contributed by atoms with van der Waals surface area (Å²) in [4.78, 5) is 10.4. The van der Waals surface area contributed by atoms with Gasteiger partial charge in [0.25, 0.3) is 6.08 Å². The topological polar surface area (TPSA) is 26.3 Å². The third-order valence-corrected chi connectivity index (χ3v) is 1.37. The summed E-state index contributed by atoms with van der Waals surface area (Å²) < 4.78 is 98.5. The first-order valence-corrected chi connectivity index (χ1v) is 3.77. The predicted octanol–water partition coefficient (Wildman–Crippen LogP) is 3.19. The molecule has 0 rings (SSSR count). The Balaban J connectivity index is 5.13. The van der Waals surface area contributed by atoms with Gasteiger partial charge >= 0.3 is 18.3 Å². The Labute approximate surface area is 88.8 Å². The highest BCUT2D eigenvalue weighted by Gasteiger charge is 2.49. The molecule has 0 bridgehead atoms. The van der Waals surface area contributed by atoms with E-state index < -0.39 is 36.1 Å². The van der Waals surface area contributed by atoms with Crippen molar-refractivity contribution in [2.45, 2.75) is 25.4 Å². The Morgan fingerprint density at radius 2 is 1.53 bits per heavy atom.